The molecule has 0 heterocycles. The molecule has 1 aromatic rings. The Bertz CT molecular complexity index is 385. The van der Waals surface area contributed by atoms with Crippen molar-refractivity contribution in [2.24, 2.45) is 0 Å². The van der Waals surface area contributed by atoms with Crippen molar-refractivity contribution in [3.63, 3.8) is 0 Å². The summed E-state index contributed by atoms with van der Waals surface area (Å²) in [5.74, 6) is -0.560. The van der Waals surface area contributed by atoms with Gasteiger partial charge in [0.05, 0.1) is 5.56 Å². The minimum atomic E-state index is -2.95. The number of benzene rings is 1. The summed E-state index contributed by atoms with van der Waals surface area (Å²) in [5.41, 5.74) is 0.0981. The van der Waals surface area contributed by atoms with Crippen LogP contribution in [0.4, 0.5) is 8.78 Å². The Balaban J connectivity index is 2.78. The van der Waals surface area contributed by atoms with Crippen LogP contribution in [-0.2, 0) is 0 Å². The Morgan fingerprint density at radius 2 is 2.12 bits per heavy atom. The molecule has 0 spiro atoms. The SMILES string of the molecule is CC(Br)CNC(=O)c1ccccc1OC(F)F. The molecule has 1 amide bonds. The van der Waals surface area contributed by atoms with Gasteiger partial charge in [0.1, 0.15) is 5.75 Å². The van der Waals surface area contributed by atoms with Gasteiger partial charge < -0.3 is 10.1 Å². The average molecular weight is 308 g/mol. The lowest BCUT2D eigenvalue weighted by Gasteiger charge is -2.11. The molecule has 6 heteroatoms. The number of carbonyl (C=O) groups excluding carboxylic acids is 1. The highest BCUT2D eigenvalue weighted by Gasteiger charge is 2.15. The third-order valence-corrected chi connectivity index (χ3v) is 2.22. The summed E-state index contributed by atoms with van der Waals surface area (Å²) in [6.07, 6.45) is 0. The van der Waals surface area contributed by atoms with Gasteiger partial charge in [-0.2, -0.15) is 8.78 Å². The molecule has 0 bridgehead atoms. The number of alkyl halides is 3. The predicted octanol–water partition coefficient (Wildman–Crippen LogP) is 2.80. The van der Waals surface area contributed by atoms with Gasteiger partial charge in [0.15, 0.2) is 0 Å². The second kappa shape index (κ2) is 6.54. The molecular weight excluding hydrogens is 296 g/mol. The first kappa shape index (κ1) is 13.9. The van der Waals surface area contributed by atoms with Gasteiger partial charge in [-0.1, -0.05) is 35.0 Å². The summed E-state index contributed by atoms with van der Waals surface area (Å²) in [7, 11) is 0. The summed E-state index contributed by atoms with van der Waals surface area (Å²) < 4.78 is 28.5. The van der Waals surface area contributed by atoms with Crippen LogP contribution in [-0.4, -0.2) is 23.9 Å². The fourth-order valence-corrected chi connectivity index (χ4v) is 1.34. The van der Waals surface area contributed by atoms with Crippen molar-refractivity contribution in [3.05, 3.63) is 29.8 Å². The molecule has 0 fully saturated rings. The minimum Gasteiger partial charge on any atom is -0.434 e. The Kier molecular flexibility index (Phi) is 5.34. The average Bonchev–Trinajstić information content (AvgIpc) is 2.25. The Morgan fingerprint density at radius 1 is 1.47 bits per heavy atom. The zero-order valence-electron chi connectivity index (χ0n) is 9.12. The second-order valence-electron chi connectivity index (χ2n) is 3.37. The van der Waals surface area contributed by atoms with E-state index >= 15 is 0 Å². The monoisotopic (exact) mass is 307 g/mol. The molecule has 0 aliphatic rings. The van der Waals surface area contributed by atoms with Crippen LogP contribution in [0.25, 0.3) is 0 Å². The van der Waals surface area contributed by atoms with E-state index < -0.39 is 12.5 Å². The van der Waals surface area contributed by atoms with Crippen molar-refractivity contribution in [2.75, 3.05) is 6.54 Å². The molecule has 1 N–H and O–H groups in total. The van der Waals surface area contributed by atoms with Gasteiger partial charge in [0.25, 0.3) is 5.91 Å². The quantitative estimate of drug-likeness (QED) is 0.850. The third-order valence-electron chi connectivity index (χ3n) is 1.89. The zero-order valence-corrected chi connectivity index (χ0v) is 10.7. The molecule has 1 atom stereocenters. The molecule has 0 saturated heterocycles. The van der Waals surface area contributed by atoms with Gasteiger partial charge >= 0.3 is 6.61 Å². The van der Waals surface area contributed by atoms with Crippen molar-refractivity contribution in [1.29, 1.82) is 0 Å². The number of hydrogen-bond donors (Lipinski definition) is 1. The van der Waals surface area contributed by atoms with Crippen LogP contribution in [0, 0.1) is 0 Å². The summed E-state index contributed by atoms with van der Waals surface area (Å²) in [4.78, 5) is 11.8. The van der Waals surface area contributed by atoms with Crippen LogP contribution < -0.4 is 10.1 Å². The van der Waals surface area contributed by atoms with Crippen LogP contribution in [0.1, 0.15) is 17.3 Å². The second-order valence-corrected chi connectivity index (χ2v) is 4.93. The lowest BCUT2D eigenvalue weighted by Crippen LogP contribution is -2.28. The number of ether oxygens (including phenoxy) is 1. The van der Waals surface area contributed by atoms with E-state index in [1.807, 2.05) is 6.92 Å². The smallest absolute Gasteiger partial charge is 0.387 e. The first-order valence-electron chi connectivity index (χ1n) is 4.97. The Hall–Kier alpha value is -1.17. The number of carbonyl (C=O) groups is 1. The highest BCUT2D eigenvalue weighted by atomic mass is 79.9. The first-order chi connectivity index (χ1) is 8.00. The van der Waals surface area contributed by atoms with Gasteiger partial charge in [0, 0.05) is 11.4 Å². The van der Waals surface area contributed by atoms with E-state index in [1.165, 1.54) is 18.2 Å². The third kappa shape index (κ3) is 4.68. The van der Waals surface area contributed by atoms with E-state index in [1.54, 1.807) is 6.07 Å². The standard InChI is InChI=1S/C11H12BrF2NO2/c1-7(12)6-15-10(16)8-4-2-3-5-9(8)17-11(13)14/h2-5,7,11H,6H2,1H3,(H,15,16). The van der Waals surface area contributed by atoms with Crippen LogP contribution in [0.3, 0.4) is 0 Å². The number of para-hydroxylation sites is 1. The lowest BCUT2D eigenvalue weighted by atomic mass is 10.2. The molecule has 94 valence electrons. The predicted molar refractivity (Wildman–Crippen MR) is 63.8 cm³/mol. The Morgan fingerprint density at radius 3 is 2.71 bits per heavy atom. The van der Waals surface area contributed by atoms with Crippen molar-refractivity contribution in [1.82, 2.24) is 5.32 Å². The minimum absolute atomic E-state index is 0.0981. The number of nitrogens with one attached hydrogen (secondary N) is 1. The van der Waals surface area contributed by atoms with Crippen molar-refractivity contribution in [2.45, 2.75) is 18.4 Å². The summed E-state index contributed by atoms with van der Waals surface area (Å²) in [6, 6.07) is 5.89. The molecule has 1 rings (SSSR count). The van der Waals surface area contributed by atoms with Crippen LogP contribution in [0.5, 0.6) is 5.75 Å². The zero-order chi connectivity index (χ0) is 12.8. The molecule has 0 saturated carbocycles. The number of rotatable bonds is 5. The molecule has 0 aromatic heterocycles. The summed E-state index contributed by atoms with van der Waals surface area (Å²) in [5, 5.41) is 2.60. The molecule has 1 aromatic carbocycles. The maximum Gasteiger partial charge on any atom is 0.387 e. The van der Waals surface area contributed by atoms with E-state index in [4.69, 9.17) is 0 Å². The van der Waals surface area contributed by atoms with E-state index in [-0.39, 0.29) is 16.1 Å². The molecule has 0 aliphatic carbocycles. The molecule has 3 nitrogen and oxygen atoms in total. The fourth-order valence-electron chi connectivity index (χ4n) is 1.18. The number of amides is 1. The van der Waals surface area contributed by atoms with Crippen LogP contribution >= 0.6 is 15.9 Å². The first-order valence-corrected chi connectivity index (χ1v) is 5.88. The number of hydrogen-bond acceptors (Lipinski definition) is 2. The lowest BCUT2D eigenvalue weighted by molar-refractivity contribution is -0.0501. The van der Waals surface area contributed by atoms with E-state index in [0.29, 0.717) is 6.54 Å². The van der Waals surface area contributed by atoms with Crippen molar-refractivity contribution >= 4 is 21.8 Å². The van der Waals surface area contributed by atoms with Gasteiger partial charge in [-0.05, 0) is 12.1 Å². The molecule has 1 unspecified atom stereocenters. The van der Waals surface area contributed by atoms with Crippen molar-refractivity contribution < 1.29 is 18.3 Å². The van der Waals surface area contributed by atoms with Crippen LogP contribution in [0.15, 0.2) is 24.3 Å². The number of halogens is 3. The van der Waals surface area contributed by atoms with Gasteiger partial charge in [0.2, 0.25) is 0 Å². The van der Waals surface area contributed by atoms with E-state index in [2.05, 4.69) is 26.0 Å². The maximum atomic E-state index is 12.1. The van der Waals surface area contributed by atoms with Gasteiger partial charge in [-0.25, -0.2) is 0 Å². The molecule has 0 aliphatic heterocycles. The highest BCUT2D eigenvalue weighted by molar-refractivity contribution is 9.09. The maximum absolute atomic E-state index is 12.1. The van der Waals surface area contributed by atoms with Gasteiger partial charge in [-0.3, -0.25) is 4.79 Å². The van der Waals surface area contributed by atoms with Gasteiger partial charge in [-0.15, -0.1) is 0 Å². The fraction of sp³-hybridized carbons (Fsp3) is 0.364. The normalized spacial score (nSPS) is 12.3. The Labute approximate surface area is 106 Å². The molecular formula is C11H12BrF2NO2. The van der Waals surface area contributed by atoms with E-state index in [0.717, 1.165) is 0 Å². The van der Waals surface area contributed by atoms with E-state index in [9.17, 15) is 13.6 Å². The summed E-state index contributed by atoms with van der Waals surface area (Å²) >= 11 is 3.27. The molecule has 0 radical (unpaired) electrons. The van der Waals surface area contributed by atoms with Crippen molar-refractivity contribution in [3.8, 4) is 5.75 Å². The largest absolute Gasteiger partial charge is 0.434 e. The topological polar surface area (TPSA) is 38.3 Å². The molecule has 17 heavy (non-hydrogen) atoms. The highest BCUT2D eigenvalue weighted by Crippen LogP contribution is 2.20. The summed E-state index contributed by atoms with van der Waals surface area (Å²) in [6.45, 7) is -0.678. The van der Waals surface area contributed by atoms with Crippen LogP contribution in [0.2, 0.25) is 0 Å².